The highest BCUT2D eigenvalue weighted by Gasteiger charge is 2.23. The number of benzene rings is 1. The average molecular weight is 189 g/mol. The van der Waals surface area contributed by atoms with Crippen LogP contribution in [0, 0.1) is 0 Å². The first-order valence-electron chi connectivity index (χ1n) is 4.26. The van der Waals surface area contributed by atoms with Crippen LogP contribution in [0.15, 0.2) is 41.5 Å². The molecule has 0 amide bonds. The summed E-state index contributed by atoms with van der Waals surface area (Å²) >= 11 is 0. The van der Waals surface area contributed by atoms with Crippen molar-refractivity contribution in [2.75, 3.05) is 0 Å². The van der Waals surface area contributed by atoms with Crippen molar-refractivity contribution in [3.63, 3.8) is 0 Å². The molecule has 72 valence electrons. The summed E-state index contributed by atoms with van der Waals surface area (Å²) < 4.78 is 0. The molecule has 1 aromatic carbocycles. The van der Waals surface area contributed by atoms with Gasteiger partial charge in [-0.1, -0.05) is 12.1 Å². The average Bonchev–Trinajstić information content (AvgIpc) is 2.19. The first-order valence-corrected chi connectivity index (χ1v) is 4.26. The predicted octanol–water partition coefficient (Wildman–Crippen LogP) is 0.649. The van der Waals surface area contributed by atoms with Crippen molar-refractivity contribution in [2.45, 2.75) is 5.66 Å². The topological polar surface area (TPSA) is 70.6 Å². The summed E-state index contributed by atoms with van der Waals surface area (Å²) in [5.74, 6) is 0.189. The largest absolute Gasteiger partial charge is 0.508 e. The van der Waals surface area contributed by atoms with Crippen LogP contribution in [-0.2, 0) is 5.66 Å². The standard InChI is InChI=1S/C10H11N3O/c11-10(4-5-12-7-13-10)8-2-1-3-9(14)6-8/h1-7,14H,11H2,(H,12,13). The number of aromatic hydroxyl groups is 1. The second-order valence-electron chi connectivity index (χ2n) is 3.13. The van der Waals surface area contributed by atoms with Gasteiger partial charge in [-0.05, 0) is 18.2 Å². The third-order valence-corrected chi connectivity index (χ3v) is 2.09. The second kappa shape index (κ2) is 3.16. The summed E-state index contributed by atoms with van der Waals surface area (Å²) in [5.41, 5.74) is 5.90. The zero-order valence-corrected chi connectivity index (χ0v) is 7.51. The van der Waals surface area contributed by atoms with Crippen LogP contribution in [0.3, 0.4) is 0 Å². The fourth-order valence-electron chi connectivity index (χ4n) is 1.33. The zero-order valence-electron chi connectivity index (χ0n) is 7.51. The van der Waals surface area contributed by atoms with Gasteiger partial charge in [-0.3, -0.25) is 5.73 Å². The first-order chi connectivity index (χ1) is 6.71. The Balaban J connectivity index is 2.43. The van der Waals surface area contributed by atoms with Crippen LogP contribution < -0.4 is 11.1 Å². The van der Waals surface area contributed by atoms with Crippen LogP contribution in [0.4, 0.5) is 0 Å². The first kappa shape index (κ1) is 8.77. The summed E-state index contributed by atoms with van der Waals surface area (Å²) in [6, 6.07) is 6.77. The van der Waals surface area contributed by atoms with Gasteiger partial charge in [-0.25, -0.2) is 4.99 Å². The number of nitrogens with two attached hydrogens (primary N) is 1. The third-order valence-electron chi connectivity index (χ3n) is 2.09. The number of phenols is 1. The minimum atomic E-state index is -0.871. The quantitative estimate of drug-likeness (QED) is 0.607. The van der Waals surface area contributed by atoms with Crippen LogP contribution >= 0.6 is 0 Å². The molecule has 4 nitrogen and oxygen atoms in total. The lowest BCUT2D eigenvalue weighted by molar-refractivity contribution is 0.471. The third kappa shape index (κ3) is 1.47. The molecule has 0 aromatic heterocycles. The molecule has 4 heteroatoms. The number of hydrogen-bond acceptors (Lipinski definition) is 4. The molecular formula is C10H11N3O. The minimum absolute atomic E-state index is 0.189. The summed E-state index contributed by atoms with van der Waals surface area (Å²) in [6.45, 7) is 0. The van der Waals surface area contributed by atoms with E-state index in [0.717, 1.165) is 5.56 Å². The molecule has 4 N–H and O–H groups in total. The van der Waals surface area contributed by atoms with E-state index in [1.165, 1.54) is 6.34 Å². The lowest BCUT2D eigenvalue weighted by atomic mass is 10.0. The minimum Gasteiger partial charge on any atom is -0.508 e. The molecule has 1 unspecified atom stereocenters. The second-order valence-corrected chi connectivity index (χ2v) is 3.13. The monoisotopic (exact) mass is 189 g/mol. The molecule has 1 heterocycles. The van der Waals surface area contributed by atoms with E-state index >= 15 is 0 Å². The van der Waals surface area contributed by atoms with E-state index < -0.39 is 5.66 Å². The van der Waals surface area contributed by atoms with Crippen molar-refractivity contribution in [2.24, 2.45) is 10.7 Å². The Morgan fingerprint density at radius 3 is 2.93 bits per heavy atom. The molecular weight excluding hydrogens is 178 g/mol. The Hall–Kier alpha value is -1.81. The van der Waals surface area contributed by atoms with Crippen molar-refractivity contribution in [1.82, 2.24) is 5.32 Å². The highest BCUT2D eigenvalue weighted by Crippen LogP contribution is 2.25. The molecule has 0 saturated carbocycles. The molecule has 0 radical (unpaired) electrons. The SMILES string of the molecule is NC1(c2cccc(O)c2)C=CNC=N1. The maximum atomic E-state index is 9.31. The van der Waals surface area contributed by atoms with Crippen molar-refractivity contribution in [3.05, 3.63) is 42.1 Å². The Morgan fingerprint density at radius 1 is 1.43 bits per heavy atom. The maximum absolute atomic E-state index is 9.31. The smallest absolute Gasteiger partial charge is 0.156 e. The summed E-state index contributed by atoms with van der Waals surface area (Å²) in [6.07, 6.45) is 4.99. The molecule has 0 spiro atoms. The van der Waals surface area contributed by atoms with Crippen LogP contribution in [0.1, 0.15) is 5.56 Å². The van der Waals surface area contributed by atoms with Crippen molar-refractivity contribution >= 4 is 6.34 Å². The van der Waals surface area contributed by atoms with E-state index in [1.54, 1.807) is 30.5 Å². The van der Waals surface area contributed by atoms with Gasteiger partial charge >= 0.3 is 0 Å². The van der Waals surface area contributed by atoms with Gasteiger partial charge in [0.25, 0.3) is 0 Å². The van der Waals surface area contributed by atoms with Crippen molar-refractivity contribution in [3.8, 4) is 5.75 Å². The Kier molecular flexibility index (Phi) is 1.98. The number of nitrogens with one attached hydrogen (secondary N) is 1. The molecule has 0 aliphatic carbocycles. The molecule has 1 aliphatic heterocycles. The Labute approximate surface area is 81.8 Å². The Bertz CT molecular complexity index is 386. The summed E-state index contributed by atoms with van der Waals surface area (Å²) in [4.78, 5) is 4.12. The highest BCUT2D eigenvalue weighted by molar-refractivity contribution is 5.59. The molecule has 1 atom stereocenters. The summed E-state index contributed by atoms with van der Waals surface area (Å²) in [7, 11) is 0. The fourth-order valence-corrected chi connectivity index (χ4v) is 1.33. The van der Waals surface area contributed by atoms with Crippen molar-refractivity contribution in [1.29, 1.82) is 0 Å². The van der Waals surface area contributed by atoms with Gasteiger partial charge < -0.3 is 10.4 Å². The van der Waals surface area contributed by atoms with Gasteiger partial charge in [0.05, 0.1) is 6.34 Å². The van der Waals surface area contributed by atoms with E-state index in [2.05, 4.69) is 10.3 Å². The van der Waals surface area contributed by atoms with E-state index in [0.29, 0.717) is 0 Å². The van der Waals surface area contributed by atoms with Gasteiger partial charge in [0.15, 0.2) is 5.66 Å². The number of nitrogens with zero attached hydrogens (tertiary/aromatic N) is 1. The van der Waals surface area contributed by atoms with Crippen LogP contribution in [0.5, 0.6) is 5.75 Å². The summed E-state index contributed by atoms with van der Waals surface area (Å²) in [5, 5.41) is 12.1. The van der Waals surface area contributed by atoms with Gasteiger partial charge in [0.1, 0.15) is 5.75 Å². The number of aliphatic imine (C=N–C) groups is 1. The number of phenolic OH excluding ortho intramolecular Hbond substituents is 1. The molecule has 1 aliphatic rings. The van der Waals surface area contributed by atoms with Gasteiger partial charge in [0.2, 0.25) is 0 Å². The number of hydrogen-bond donors (Lipinski definition) is 3. The number of rotatable bonds is 1. The fraction of sp³-hybridized carbons (Fsp3) is 0.100. The molecule has 0 bridgehead atoms. The molecule has 2 rings (SSSR count). The maximum Gasteiger partial charge on any atom is 0.156 e. The lowest BCUT2D eigenvalue weighted by Crippen LogP contribution is -2.35. The lowest BCUT2D eigenvalue weighted by Gasteiger charge is -2.23. The normalized spacial score (nSPS) is 24.6. The Morgan fingerprint density at radius 2 is 2.29 bits per heavy atom. The van der Waals surface area contributed by atoms with Gasteiger partial charge in [-0.15, -0.1) is 0 Å². The molecule has 1 aromatic rings. The van der Waals surface area contributed by atoms with Gasteiger partial charge in [0, 0.05) is 11.8 Å². The van der Waals surface area contributed by atoms with Gasteiger partial charge in [-0.2, -0.15) is 0 Å². The van der Waals surface area contributed by atoms with E-state index in [-0.39, 0.29) is 5.75 Å². The highest BCUT2D eigenvalue weighted by atomic mass is 16.3. The van der Waals surface area contributed by atoms with E-state index in [9.17, 15) is 5.11 Å². The molecule has 14 heavy (non-hydrogen) atoms. The van der Waals surface area contributed by atoms with Crippen LogP contribution in [0.25, 0.3) is 0 Å². The van der Waals surface area contributed by atoms with Crippen molar-refractivity contribution < 1.29 is 5.11 Å². The van der Waals surface area contributed by atoms with Crippen LogP contribution in [0.2, 0.25) is 0 Å². The molecule has 0 saturated heterocycles. The zero-order chi connectivity index (χ0) is 10.0. The van der Waals surface area contributed by atoms with E-state index in [1.807, 2.05) is 6.07 Å². The predicted molar refractivity (Wildman–Crippen MR) is 54.7 cm³/mol. The molecule has 0 fully saturated rings. The van der Waals surface area contributed by atoms with E-state index in [4.69, 9.17) is 5.73 Å². The van der Waals surface area contributed by atoms with Crippen LogP contribution in [-0.4, -0.2) is 11.4 Å².